The van der Waals surface area contributed by atoms with Crippen LogP contribution < -0.4 is 10.1 Å². The van der Waals surface area contributed by atoms with E-state index in [0.717, 1.165) is 40.6 Å². The highest BCUT2D eigenvalue weighted by atomic mass is 35.5. The van der Waals surface area contributed by atoms with Gasteiger partial charge in [0.15, 0.2) is 0 Å². The van der Waals surface area contributed by atoms with Gasteiger partial charge in [-0.25, -0.2) is 9.37 Å². The van der Waals surface area contributed by atoms with E-state index in [-0.39, 0.29) is 11.7 Å². The van der Waals surface area contributed by atoms with Crippen molar-refractivity contribution in [2.75, 3.05) is 6.54 Å². The second-order valence-electron chi connectivity index (χ2n) is 9.31. The number of nitrogens with zero attached hydrogens (tertiary/aromatic N) is 1. The Bertz CT molecular complexity index is 1320. The molecule has 1 aliphatic rings. The van der Waals surface area contributed by atoms with Crippen molar-refractivity contribution in [2.45, 2.75) is 48.3 Å². The number of halogens is 2. The Morgan fingerprint density at radius 2 is 2.00 bits per heavy atom. The summed E-state index contributed by atoms with van der Waals surface area (Å²) in [5.41, 5.74) is 2.56. The van der Waals surface area contributed by atoms with E-state index in [1.807, 2.05) is 55.9 Å². The fraction of sp³-hybridized carbons (Fsp3) is 0.276. The Balaban J connectivity index is 1.41. The molecule has 0 amide bonds. The number of ether oxygens (including phenoxy) is 1. The molecular weight excluding hydrogens is 511 g/mol. The SMILES string of the molecule is CC(C)c1cc(F)ccc1Oc1cccc(C2(c3ccsc3)CCC(Sc3ccccc3Cl)CN2)n1. The largest absolute Gasteiger partial charge is 0.439 e. The van der Waals surface area contributed by atoms with Crippen LogP contribution >= 0.6 is 34.7 Å². The molecule has 1 fully saturated rings. The minimum Gasteiger partial charge on any atom is -0.439 e. The van der Waals surface area contributed by atoms with Crippen molar-refractivity contribution < 1.29 is 9.13 Å². The molecule has 36 heavy (non-hydrogen) atoms. The van der Waals surface area contributed by atoms with E-state index in [9.17, 15) is 4.39 Å². The van der Waals surface area contributed by atoms with Crippen LogP contribution in [0.1, 0.15) is 49.4 Å². The molecule has 2 unspecified atom stereocenters. The van der Waals surface area contributed by atoms with Gasteiger partial charge in [-0.15, -0.1) is 11.8 Å². The molecule has 3 heterocycles. The van der Waals surface area contributed by atoms with Gasteiger partial charge in [0.2, 0.25) is 5.88 Å². The summed E-state index contributed by atoms with van der Waals surface area (Å²) >= 11 is 9.93. The van der Waals surface area contributed by atoms with Gasteiger partial charge in [-0.3, -0.25) is 0 Å². The average molecular weight is 539 g/mol. The summed E-state index contributed by atoms with van der Waals surface area (Å²) in [5, 5.41) is 9.35. The second kappa shape index (κ2) is 10.9. The number of piperidine rings is 1. The van der Waals surface area contributed by atoms with Crippen molar-refractivity contribution in [3.05, 3.63) is 105 Å². The summed E-state index contributed by atoms with van der Waals surface area (Å²) in [4.78, 5) is 6.08. The Kier molecular flexibility index (Phi) is 7.68. The van der Waals surface area contributed by atoms with Crippen molar-refractivity contribution >= 4 is 34.7 Å². The Labute approximate surface area is 225 Å². The van der Waals surface area contributed by atoms with E-state index >= 15 is 0 Å². The number of benzene rings is 2. The van der Waals surface area contributed by atoms with Gasteiger partial charge in [0.1, 0.15) is 11.6 Å². The zero-order valence-corrected chi connectivity index (χ0v) is 22.6. The maximum absolute atomic E-state index is 13.9. The molecular formula is C29H28ClFN2OS2. The highest BCUT2D eigenvalue weighted by molar-refractivity contribution is 8.00. The summed E-state index contributed by atoms with van der Waals surface area (Å²) in [6.45, 7) is 4.88. The van der Waals surface area contributed by atoms with Crippen LogP contribution in [0.25, 0.3) is 0 Å². The molecule has 0 saturated carbocycles. The molecule has 7 heteroatoms. The van der Waals surface area contributed by atoms with Gasteiger partial charge in [0, 0.05) is 28.3 Å². The monoisotopic (exact) mass is 538 g/mol. The fourth-order valence-electron chi connectivity index (χ4n) is 4.68. The van der Waals surface area contributed by atoms with Gasteiger partial charge >= 0.3 is 0 Å². The van der Waals surface area contributed by atoms with E-state index < -0.39 is 5.54 Å². The number of nitrogens with one attached hydrogen (secondary N) is 1. The molecule has 4 aromatic rings. The van der Waals surface area contributed by atoms with E-state index in [4.69, 9.17) is 21.3 Å². The summed E-state index contributed by atoms with van der Waals surface area (Å²) in [7, 11) is 0. The van der Waals surface area contributed by atoms with Gasteiger partial charge < -0.3 is 10.1 Å². The Hall–Kier alpha value is -2.38. The van der Waals surface area contributed by atoms with Crippen molar-refractivity contribution in [2.24, 2.45) is 0 Å². The predicted molar refractivity (Wildman–Crippen MR) is 148 cm³/mol. The number of rotatable bonds is 7. The van der Waals surface area contributed by atoms with Gasteiger partial charge in [-0.2, -0.15) is 11.3 Å². The first-order valence-corrected chi connectivity index (χ1v) is 14.3. The first kappa shape index (κ1) is 25.3. The number of hydrogen-bond donors (Lipinski definition) is 1. The molecule has 2 aromatic carbocycles. The van der Waals surface area contributed by atoms with Gasteiger partial charge in [-0.1, -0.05) is 43.6 Å². The molecule has 2 aromatic heterocycles. The molecule has 3 nitrogen and oxygen atoms in total. The summed E-state index contributed by atoms with van der Waals surface area (Å²) in [6, 6.07) is 20.7. The van der Waals surface area contributed by atoms with Crippen molar-refractivity contribution in [1.29, 1.82) is 0 Å². The van der Waals surface area contributed by atoms with Crippen LogP contribution in [0.4, 0.5) is 4.39 Å². The lowest BCUT2D eigenvalue weighted by molar-refractivity contribution is 0.306. The lowest BCUT2D eigenvalue weighted by Crippen LogP contribution is -2.50. The highest BCUT2D eigenvalue weighted by Gasteiger charge is 2.40. The number of thiophene rings is 1. The third-order valence-corrected chi connectivity index (χ3v) is 9.06. The molecule has 0 spiro atoms. The molecule has 0 bridgehead atoms. The smallest absolute Gasteiger partial charge is 0.219 e. The van der Waals surface area contributed by atoms with Gasteiger partial charge in [0.25, 0.3) is 0 Å². The van der Waals surface area contributed by atoms with Gasteiger partial charge in [0.05, 0.1) is 16.3 Å². The minimum absolute atomic E-state index is 0.128. The molecule has 1 saturated heterocycles. The summed E-state index contributed by atoms with van der Waals surface area (Å²) < 4.78 is 20.1. The lowest BCUT2D eigenvalue weighted by Gasteiger charge is -2.41. The number of aromatic nitrogens is 1. The molecule has 5 rings (SSSR count). The summed E-state index contributed by atoms with van der Waals surface area (Å²) in [6.07, 6.45) is 1.91. The molecule has 1 N–H and O–H groups in total. The van der Waals surface area contributed by atoms with Crippen LogP contribution in [-0.4, -0.2) is 16.8 Å². The topological polar surface area (TPSA) is 34.1 Å². The van der Waals surface area contributed by atoms with Gasteiger partial charge in [-0.05, 0) is 77.5 Å². The normalized spacial score (nSPS) is 20.0. The third-order valence-electron chi connectivity index (χ3n) is 6.59. The maximum atomic E-state index is 13.9. The van der Waals surface area contributed by atoms with Crippen molar-refractivity contribution in [3.63, 3.8) is 0 Å². The first-order valence-electron chi connectivity index (χ1n) is 12.1. The van der Waals surface area contributed by atoms with Crippen LogP contribution in [0.15, 0.2) is 82.4 Å². The fourth-order valence-corrected chi connectivity index (χ4v) is 6.78. The van der Waals surface area contributed by atoms with Crippen LogP contribution in [0, 0.1) is 5.82 Å². The maximum Gasteiger partial charge on any atom is 0.219 e. The zero-order chi connectivity index (χ0) is 25.1. The molecule has 1 aliphatic heterocycles. The molecule has 186 valence electrons. The standard InChI is InChI=1S/C29H28ClFN2OS2/c1-19(2)23-16-21(31)10-11-25(23)34-28-9-5-8-27(33-28)29(20-13-15-35-18-20)14-12-22(17-32-29)36-26-7-4-3-6-24(26)30/h3-11,13,15-16,18-19,22,32H,12,14,17H2,1-2H3. The number of hydrogen-bond acceptors (Lipinski definition) is 5. The second-order valence-corrected chi connectivity index (χ2v) is 11.8. The van der Waals surface area contributed by atoms with E-state index in [1.165, 1.54) is 17.7 Å². The number of pyridine rings is 1. The molecule has 0 radical (unpaired) electrons. The lowest BCUT2D eigenvalue weighted by atomic mass is 9.80. The Morgan fingerprint density at radius 1 is 1.14 bits per heavy atom. The summed E-state index contributed by atoms with van der Waals surface area (Å²) in [5.74, 6) is 1.00. The number of thioether (sulfide) groups is 1. The van der Waals surface area contributed by atoms with E-state index in [0.29, 0.717) is 16.9 Å². The zero-order valence-electron chi connectivity index (χ0n) is 20.2. The van der Waals surface area contributed by atoms with Crippen molar-refractivity contribution in [1.82, 2.24) is 10.3 Å². The Morgan fingerprint density at radius 3 is 2.72 bits per heavy atom. The molecule has 0 aliphatic carbocycles. The van der Waals surface area contributed by atoms with Crippen LogP contribution in [-0.2, 0) is 5.54 Å². The first-order chi connectivity index (χ1) is 17.4. The van der Waals surface area contributed by atoms with Crippen LogP contribution in [0.2, 0.25) is 5.02 Å². The van der Waals surface area contributed by atoms with E-state index in [1.54, 1.807) is 17.4 Å². The van der Waals surface area contributed by atoms with Crippen molar-refractivity contribution in [3.8, 4) is 11.6 Å². The average Bonchev–Trinajstić information content (AvgIpc) is 3.43. The minimum atomic E-state index is -0.402. The van der Waals surface area contributed by atoms with Crippen LogP contribution in [0.5, 0.6) is 11.6 Å². The quantitative estimate of drug-likeness (QED) is 0.255. The predicted octanol–water partition coefficient (Wildman–Crippen LogP) is 8.64. The van der Waals surface area contributed by atoms with Crippen LogP contribution in [0.3, 0.4) is 0 Å². The molecule has 2 atom stereocenters. The highest BCUT2D eigenvalue weighted by Crippen LogP contribution is 2.42. The van der Waals surface area contributed by atoms with E-state index in [2.05, 4.69) is 34.3 Å². The third kappa shape index (κ3) is 5.32.